The van der Waals surface area contributed by atoms with E-state index in [0.717, 1.165) is 5.56 Å². The van der Waals surface area contributed by atoms with Gasteiger partial charge in [0.1, 0.15) is 12.2 Å². The van der Waals surface area contributed by atoms with Gasteiger partial charge >= 0.3 is 5.97 Å². The van der Waals surface area contributed by atoms with Gasteiger partial charge in [-0.1, -0.05) is 44.5 Å². The highest BCUT2D eigenvalue weighted by atomic mass is 35.5. The fourth-order valence-corrected chi connectivity index (χ4v) is 2.01. The summed E-state index contributed by atoms with van der Waals surface area (Å²) in [5, 5.41) is 11.5. The lowest BCUT2D eigenvalue weighted by Crippen LogP contribution is -2.47. The summed E-state index contributed by atoms with van der Waals surface area (Å²) in [6.45, 7) is 7.19. The van der Waals surface area contributed by atoms with Gasteiger partial charge in [-0.05, 0) is 36.0 Å². The van der Waals surface area contributed by atoms with E-state index in [9.17, 15) is 9.90 Å². The van der Waals surface area contributed by atoms with Crippen LogP contribution < -0.4 is 0 Å². The van der Waals surface area contributed by atoms with Crippen LogP contribution in [0.5, 0.6) is 0 Å². The molecule has 0 radical (unpaired) electrons. The summed E-state index contributed by atoms with van der Waals surface area (Å²) in [5.74, 6) is -0.376. The van der Waals surface area contributed by atoms with Gasteiger partial charge in [0.05, 0.1) is 0 Å². The van der Waals surface area contributed by atoms with Crippen molar-refractivity contribution in [2.75, 3.05) is 6.61 Å². The molecular weight excluding hydrogens is 276 g/mol. The molecule has 1 unspecified atom stereocenters. The first-order valence-corrected chi connectivity index (χ1v) is 7.12. The quantitative estimate of drug-likeness (QED) is 0.845. The Labute approximate surface area is 125 Å². The minimum atomic E-state index is -1.06. The third kappa shape index (κ3) is 4.80. The van der Waals surface area contributed by atoms with E-state index in [4.69, 9.17) is 16.3 Å². The van der Waals surface area contributed by atoms with E-state index in [2.05, 4.69) is 0 Å². The monoisotopic (exact) mass is 298 g/mol. The Kier molecular flexibility index (Phi) is 5.60. The van der Waals surface area contributed by atoms with E-state index in [1.165, 1.54) is 6.92 Å². The van der Waals surface area contributed by atoms with Crippen LogP contribution in [0.2, 0.25) is 5.02 Å². The summed E-state index contributed by atoms with van der Waals surface area (Å²) in [5.41, 5.74) is -0.340. The third-order valence-electron chi connectivity index (χ3n) is 3.65. The van der Waals surface area contributed by atoms with E-state index in [1.54, 1.807) is 0 Å². The number of aryl methyl sites for hydroxylation is 1. The molecule has 0 aliphatic heterocycles. The number of ether oxygens (including phenoxy) is 1. The minimum absolute atomic E-state index is 0.0133. The molecule has 112 valence electrons. The Hall–Kier alpha value is -1.06. The van der Waals surface area contributed by atoms with Gasteiger partial charge in [-0.15, -0.1) is 0 Å². The normalized spacial score (nSPS) is 14.7. The van der Waals surface area contributed by atoms with Crippen molar-refractivity contribution in [3.05, 3.63) is 34.9 Å². The highest BCUT2D eigenvalue weighted by Gasteiger charge is 2.40. The van der Waals surface area contributed by atoms with Crippen LogP contribution >= 0.6 is 11.6 Å². The topological polar surface area (TPSA) is 46.5 Å². The Morgan fingerprint density at radius 2 is 1.80 bits per heavy atom. The van der Waals surface area contributed by atoms with Crippen LogP contribution in [-0.4, -0.2) is 23.3 Å². The maximum absolute atomic E-state index is 11.0. The number of rotatable bonds is 5. The standard InChI is InChI=1S/C16H23ClO3/c1-12(18)20-11-16(19,15(2,3)4)10-9-13-5-7-14(17)8-6-13/h5-8,19H,9-11H2,1-4H3. The highest BCUT2D eigenvalue weighted by molar-refractivity contribution is 6.30. The molecular formula is C16H23ClO3. The Bertz CT molecular complexity index is 448. The van der Waals surface area contributed by atoms with Crippen molar-refractivity contribution in [3.63, 3.8) is 0 Å². The molecule has 1 aromatic carbocycles. The van der Waals surface area contributed by atoms with Gasteiger partial charge in [0.2, 0.25) is 0 Å². The number of hydrogen-bond donors (Lipinski definition) is 1. The van der Waals surface area contributed by atoms with Crippen LogP contribution in [0.4, 0.5) is 0 Å². The largest absolute Gasteiger partial charge is 0.463 e. The molecule has 0 saturated heterocycles. The smallest absolute Gasteiger partial charge is 0.302 e. The maximum Gasteiger partial charge on any atom is 0.302 e. The van der Waals surface area contributed by atoms with Gasteiger partial charge < -0.3 is 9.84 Å². The third-order valence-corrected chi connectivity index (χ3v) is 3.90. The fraction of sp³-hybridized carbons (Fsp3) is 0.562. The van der Waals surface area contributed by atoms with Gasteiger partial charge in [0.15, 0.2) is 0 Å². The van der Waals surface area contributed by atoms with Gasteiger partial charge in [-0.3, -0.25) is 4.79 Å². The minimum Gasteiger partial charge on any atom is -0.463 e. The zero-order valence-electron chi connectivity index (χ0n) is 12.6. The second-order valence-corrected chi connectivity index (χ2v) is 6.62. The summed E-state index contributed by atoms with van der Waals surface area (Å²) < 4.78 is 5.03. The summed E-state index contributed by atoms with van der Waals surface area (Å²) in [6.07, 6.45) is 1.22. The molecule has 0 saturated carbocycles. The predicted molar refractivity (Wildman–Crippen MR) is 80.8 cm³/mol. The second-order valence-electron chi connectivity index (χ2n) is 6.19. The Morgan fingerprint density at radius 1 is 1.25 bits per heavy atom. The Morgan fingerprint density at radius 3 is 2.25 bits per heavy atom. The lowest BCUT2D eigenvalue weighted by molar-refractivity contribution is -0.159. The van der Waals surface area contributed by atoms with Gasteiger partial charge in [-0.25, -0.2) is 0 Å². The van der Waals surface area contributed by atoms with Gasteiger partial charge in [0.25, 0.3) is 0 Å². The molecule has 0 fully saturated rings. The number of hydrogen-bond acceptors (Lipinski definition) is 3. The molecule has 1 N–H and O–H groups in total. The van der Waals surface area contributed by atoms with Crippen molar-refractivity contribution in [1.29, 1.82) is 0 Å². The molecule has 1 atom stereocenters. The van der Waals surface area contributed by atoms with Gasteiger partial charge in [-0.2, -0.15) is 0 Å². The second kappa shape index (κ2) is 6.59. The molecule has 0 spiro atoms. The predicted octanol–water partition coefficient (Wildman–Crippen LogP) is 3.61. The van der Waals surface area contributed by atoms with Crippen LogP contribution in [-0.2, 0) is 16.0 Å². The molecule has 0 aromatic heterocycles. The van der Waals surface area contributed by atoms with Crippen molar-refractivity contribution in [2.45, 2.75) is 46.1 Å². The summed E-state index contributed by atoms with van der Waals surface area (Å²) in [7, 11) is 0. The zero-order chi connectivity index (χ0) is 15.4. The van der Waals surface area contributed by atoms with E-state index in [1.807, 2.05) is 45.0 Å². The summed E-state index contributed by atoms with van der Waals surface area (Å²) in [4.78, 5) is 11.0. The lowest BCUT2D eigenvalue weighted by atomic mass is 9.74. The SMILES string of the molecule is CC(=O)OCC(O)(CCc1ccc(Cl)cc1)C(C)(C)C. The number of esters is 1. The average molecular weight is 299 g/mol. The molecule has 4 heteroatoms. The number of aliphatic hydroxyl groups is 1. The molecule has 20 heavy (non-hydrogen) atoms. The van der Waals surface area contributed by atoms with Crippen molar-refractivity contribution in [1.82, 2.24) is 0 Å². The first-order chi connectivity index (χ1) is 9.14. The first kappa shape index (κ1) is 17.0. The van der Waals surface area contributed by atoms with E-state index in [0.29, 0.717) is 17.9 Å². The summed E-state index contributed by atoms with van der Waals surface area (Å²) >= 11 is 5.85. The Balaban J connectivity index is 2.74. The molecule has 1 aromatic rings. The van der Waals surface area contributed by atoms with Crippen molar-refractivity contribution in [2.24, 2.45) is 5.41 Å². The molecule has 1 rings (SSSR count). The van der Waals surface area contributed by atoms with E-state index in [-0.39, 0.29) is 18.0 Å². The number of benzene rings is 1. The summed E-state index contributed by atoms with van der Waals surface area (Å²) in [6, 6.07) is 7.55. The molecule has 0 aliphatic carbocycles. The molecule has 0 aliphatic rings. The van der Waals surface area contributed by atoms with Crippen molar-refractivity contribution in [3.8, 4) is 0 Å². The highest BCUT2D eigenvalue weighted by Crippen LogP contribution is 2.34. The number of halogens is 1. The van der Waals surface area contributed by atoms with Crippen LogP contribution in [0.3, 0.4) is 0 Å². The van der Waals surface area contributed by atoms with Crippen molar-refractivity contribution < 1.29 is 14.6 Å². The van der Waals surface area contributed by atoms with Crippen LogP contribution in [0.1, 0.15) is 39.7 Å². The lowest BCUT2D eigenvalue weighted by Gasteiger charge is -2.39. The molecule has 0 heterocycles. The van der Waals surface area contributed by atoms with E-state index < -0.39 is 5.60 Å². The molecule has 3 nitrogen and oxygen atoms in total. The van der Waals surface area contributed by atoms with Crippen LogP contribution in [0, 0.1) is 5.41 Å². The first-order valence-electron chi connectivity index (χ1n) is 6.74. The maximum atomic E-state index is 11.0. The number of carbonyl (C=O) groups excluding carboxylic acids is 1. The molecule has 0 amide bonds. The average Bonchev–Trinajstić information content (AvgIpc) is 2.34. The van der Waals surface area contributed by atoms with E-state index >= 15 is 0 Å². The number of carbonyl (C=O) groups is 1. The van der Waals surface area contributed by atoms with Crippen LogP contribution in [0.25, 0.3) is 0 Å². The zero-order valence-corrected chi connectivity index (χ0v) is 13.3. The molecule has 0 bridgehead atoms. The van der Waals surface area contributed by atoms with Crippen LogP contribution in [0.15, 0.2) is 24.3 Å². The van der Waals surface area contributed by atoms with Crippen molar-refractivity contribution >= 4 is 17.6 Å². The van der Waals surface area contributed by atoms with Gasteiger partial charge in [0, 0.05) is 11.9 Å². The fourth-order valence-electron chi connectivity index (χ4n) is 1.89.